The zero-order valence-electron chi connectivity index (χ0n) is 14.2. The largest absolute Gasteiger partial charge is 0.396 e. The number of H-pyrrole nitrogens is 1. The first kappa shape index (κ1) is 17.0. The third-order valence-electron chi connectivity index (χ3n) is 4.27. The minimum absolute atomic E-state index is 0.0352. The number of fused-ring (bicyclic) bond motifs is 1. The van der Waals surface area contributed by atoms with Crippen molar-refractivity contribution in [3.8, 4) is 0 Å². The van der Waals surface area contributed by atoms with Crippen molar-refractivity contribution in [2.45, 2.75) is 18.9 Å². The number of hydrogen-bond acceptors (Lipinski definition) is 5. The standard InChI is InChI=1S/C17H21N5O3/c1-21-13-14(22(2)17(25)20-15(13)24)19-16(21)18-12(8-9-23)10-11-6-4-3-5-7-11/h3-7,12,23H,8-10H2,1-2H3,(H,18,19)(H,20,24,25). The first-order chi connectivity index (χ1) is 12.0. The molecule has 132 valence electrons. The number of aryl methyl sites for hydroxylation is 2. The molecule has 0 aliphatic heterocycles. The summed E-state index contributed by atoms with van der Waals surface area (Å²) in [5.41, 5.74) is 0.812. The number of aromatic amines is 1. The topological polar surface area (TPSA) is 105 Å². The van der Waals surface area contributed by atoms with Crippen LogP contribution in [0.1, 0.15) is 12.0 Å². The number of hydrogen-bond donors (Lipinski definition) is 3. The molecule has 3 rings (SSSR count). The fraction of sp³-hybridized carbons (Fsp3) is 0.353. The molecule has 2 aromatic heterocycles. The number of rotatable bonds is 6. The van der Waals surface area contributed by atoms with E-state index in [0.29, 0.717) is 30.0 Å². The van der Waals surface area contributed by atoms with Gasteiger partial charge in [-0.15, -0.1) is 0 Å². The lowest BCUT2D eigenvalue weighted by molar-refractivity contribution is 0.278. The van der Waals surface area contributed by atoms with Gasteiger partial charge in [0.2, 0.25) is 5.95 Å². The molecule has 0 fully saturated rings. The second-order valence-electron chi connectivity index (χ2n) is 6.03. The molecule has 1 atom stereocenters. The van der Waals surface area contributed by atoms with Crippen molar-refractivity contribution in [1.82, 2.24) is 19.1 Å². The Labute approximate surface area is 143 Å². The Balaban J connectivity index is 1.96. The highest BCUT2D eigenvalue weighted by Crippen LogP contribution is 2.16. The maximum atomic E-state index is 12.1. The average Bonchev–Trinajstić information content (AvgIpc) is 2.91. The predicted octanol–water partition coefficient (Wildman–Crippen LogP) is 0.366. The first-order valence-corrected chi connectivity index (χ1v) is 8.08. The molecular weight excluding hydrogens is 322 g/mol. The maximum Gasteiger partial charge on any atom is 0.329 e. The Morgan fingerprint density at radius 3 is 2.60 bits per heavy atom. The number of imidazole rings is 1. The molecule has 1 aromatic carbocycles. The van der Waals surface area contributed by atoms with Gasteiger partial charge >= 0.3 is 5.69 Å². The molecule has 0 amide bonds. The quantitative estimate of drug-likeness (QED) is 0.600. The molecule has 0 aliphatic rings. The number of nitrogens with one attached hydrogen (secondary N) is 2. The van der Waals surface area contributed by atoms with Gasteiger partial charge in [0.05, 0.1) is 0 Å². The number of aromatic nitrogens is 4. The first-order valence-electron chi connectivity index (χ1n) is 8.08. The van der Waals surface area contributed by atoms with Crippen molar-refractivity contribution in [3.05, 3.63) is 56.7 Å². The van der Waals surface area contributed by atoms with Gasteiger partial charge in [0.25, 0.3) is 5.56 Å². The van der Waals surface area contributed by atoms with Crippen LogP contribution in [0.5, 0.6) is 0 Å². The monoisotopic (exact) mass is 343 g/mol. The van der Waals surface area contributed by atoms with Crippen molar-refractivity contribution in [1.29, 1.82) is 0 Å². The van der Waals surface area contributed by atoms with E-state index in [-0.39, 0.29) is 12.6 Å². The summed E-state index contributed by atoms with van der Waals surface area (Å²) in [6.07, 6.45) is 1.24. The van der Waals surface area contributed by atoms with E-state index in [1.54, 1.807) is 18.7 Å². The minimum Gasteiger partial charge on any atom is -0.396 e. The molecule has 25 heavy (non-hydrogen) atoms. The molecule has 0 saturated heterocycles. The van der Waals surface area contributed by atoms with Crippen LogP contribution in [0.2, 0.25) is 0 Å². The van der Waals surface area contributed by atoms with Gasteiger partial charge in [-0.05, 0) is 18.4 Å². The number of nitrogens with zero attached hydrogens (tertiary/aromatic N) is 3. The molecule has 8 heteroatoms. The van der Waals surface area contributed by atoms with E-state index in [2.05, 4.69) is 15.3 Å². The summed E-state index contributed by atoms with van der Waals surface area (Å²) < 4.78 is 2.93. The smallest absolute Gasteiger partial charge is 0.329 e. The molecule has 0 saturated carbocycles. The lowest BCUT2D eigenvalue weighted by atomic mass is 10.0. The van der Waals surface area contributed by atoms with Crippen LogP contribution in [0, 0.1) is 0 Å². The van der Waals surface area contributed by atoms with Gasteiger partial charge in [0.15, 0.2) is 11.2 Å². The minimum atomic E-state index is -0.502. The number of aliphatic hydroxyl groups excluding tert-OH is 1. The van der Waals surface area contributed by atoms with Crippen molar-refractivity contribution in [3.63, 3.8) is 0 Å². The van der Waals surface area contributed by atoms with E-state index in [1.165, 1.54) is 4.57 Å². The highest BCUT2D eigenvalue weighted by Gasteiger charge is 2.17. The molecule has 0 spiro atoms. The molecule has 0 radical (unpaired) electrons. The molecule has 1 unspecified atom stereocenters. The Bertz CT molecular complexity index is 987. The fourth-order valence-electron chi connectivity index (χ4n) is 2.90. The summed E-state index contributed by atoms with van der Waals surface area (Å²) in [5.74, 6) is 0.482. The van der Waals surface area contributed by atoms with Crippen molar-refractivity contribution < 1.29 is 5.11 Å². The second kappa shape index (κ2) is 6.94. The second-order valence-corrected chi connectivity index (χ2v) is 6.03. The van der Waals surface area contributed by atoms with Crippen LogP contribution < -0.4 is 16.6 Å². The zero-order valence-corrected chi connectivity index (χ0v) is 14.2. The van der Waals surface area contributed by atoms with E-state index >= 15 is 0 Å². The van der Waals surface area contributed by atoms with E-state index in [1.807, 2.05) is 30.3 Å². The fourth-order valence-corrected chi connectivity index (χ4v) is 2.90. The Morgan fingerprint density at radius 2 is 1.92 bits per heavy atom. The Morgan fingerprint density at radius 1 is 1.20 bits per heavy atom. The van der Waals surface area contributed by atoms with Crippen LogP contribution in [-0.2, 0) is 20.5 Å². The van der Waals surface area contributed by atoms with Crippen molar-refractivity contribution >= 4 is 17.1 Å². The summed E-state index contributed by atoms with van der Waals surface area (Å²) >= 11 is 0. The summed E-state index contributed by atoms with van der Waals surface area (Å²) in [6, 6.07) is 9.88. The van der Waals surface area contributed by atoms with Crippen LogP contribution in [0.4, 0.5) is 5.95 Å². The molecule has 0 aliphatic carbocycles. The van der Waals surface area contributed by atoms with Gasteiger partial charge in [-0.1, -0.05) is 30.3 Å². The molecular formula is C17H21N5O3. The normalized spacial score (nSPS) is 12.4. The lowest BCUT2D eigenvalue weighted by Crippen LogP contribution is -2.29. The number of anilines is 1. The Kier molecular flexibility index (Phi) is 4.71. The van der Waals surface area contributed by atoms with Gasteiger partial charge in [-0.3, -0.25) is 14.3 Å². The third-order valence-corrected chi connectivity index (χ3v) is 4.27. The number of benzene rings is 1. The maximum absolute atomic E-state index is 12.1. The summed E-state index contributed by atoms with van der Waals surface area (Å²) in [4.78, 5) is 30.5. The Hall–Kier alpha value is -2.87. The van der Waals surface area contributed by atoms with E-state index in [9.17, 15) is 14.7 Å². The third kappa shape index (κ3) is 3.34. The van der Waals surface area contributed by atoms with Gasteiger partial charge in [-0.25, -0.2) is 4.79 Å². The van der Waals surface area contributed by atoms with Crippen LogP contribution in [0.15, 0.2) is 39.9 Å². The van der Waals surface area contributed by atoms with Crippen LogP contribution in [0.25, 0.3) is 11.2 Å². The van der Waals surface area contributed by atoms with E-state index in [0.717, 1.165) is 5.56 Å². The summed E-state index contributed by atoms with van der Waals surface area (Å²) in [5, 5.41) is 12.6. The van der Waals surface area contributed by atoms with E-state index in [4.69, 9.17) is 0 Å². The molecule has 8 nitrogen and oxygen atoms in total. The van der Waals surface area contributed by atoms with Gasteiger partial charge < -0.3 is 15.0 Å². The van der Waals surface area contributed by atoms with Crippen LogP contribution in [0.3, 0.4) is 0 Å². The summed E-state index contributed by atoms with van der Waals surface area (Å²) in [6.45, 7) is 0.0352. The van der Waals surface area contributed by atoms with Crippen LogP contribution >= 0.6 is 0 Å². The lowest BCUT2D eigenvalue weighted by Gasteiger charge is -2.18. The van der Waals surface area contributed by atoms with Crippen molar-refractivity contribution in [2.75, 3.05) is 11.9 Å². The van der Waals surface area contributed by atoms with Gasteiger partial charge in [0, 0.05) is 26.7 Å². The van der Waals surface area contributed by atoms with Crippen molar-refractivity contribution in [2.24, 2.45) is 14.1 Å². The molecule has 3 N–H and O–H groups in total. The SMILES string of the molecule is Cn1c(NC(CCO)Cc2ccccc2)nc2c1c(=O)[nH]c(=O)n2C. The van der Waals surface area contributed by atoms with Gasteiger partial charge in [0.1, 0.15) is 0 Å². The van der Waals surface area contributed by atoms with Crippen LogP contribution in [-0.4, -0.2) is 36.9 Å². The highest BCUT2D eigenvalue weighted by atomic mass is 16.3. The molecule has 3 aromatic rings. The van der Waals surface area contributed by atoms with E-state index < -0.39 is 11.2 Å². The molecule has 0 bridgehead atoms. The average molecular weight is 343 g/mol. The molecule has 2 heterocycles. The zero-order chi connectivity index (χ0) is 18.0. The highest BCUT2D eigenvalue weighted by molar-refractivity contribution is 5.73. The number of aliphatic hydroxyl groups is 1. The van der Waals surface area contributed by atoms with Gasteiger partial charge in [-0.2, -0.15) is 4.98 Å². The summed E-state index contributed by atoms with van der Waals surface area (Å²) in [7, 11) is 3.28. The predicted molar refractivity (Wildman–Crippen MR) is 95.8 cm³/mol.